The van der Waals surface area contributed by atoms with Crippen molar-refractivity contribution in [3.8, 4) is 0 Å². The van der Waals surface area contributed by atoms with Gasteiger partial charge in [-0.3, -0.25) is 0 Å². The molecule has 0 aliphatic heterocycles. The molecule has 1 nitrogen and oxygen atoms in total. The number of hydrogen-bond donors (Lipinski definition) is 1. The van der Waals surface area contributed by atoms with Crippen LogP contribution in [0.15, 0.2) is 12.1 Å². The third-order valence-corrected chi connectivity index (χ3v) is 2.17. The quantitative estimate of drug-likeness (QED) is 0.794. The zero-order valence-electron chi connectivity index (χ0n) is 6.28. The highest BCUT2D eigenvalue weighted by Crippen LogP contribution is 2.25. The Hall–Kier alpha value is -0.310. The van der Waals surface area contributed by atoms with Gasteiger partial charge in [0.05, 0.1) is 0 Å². The minimum Gasteiger partial charge on any atom is -0.330 e. The van der Waals surface area contributed by atoms with Gasteiger partial charge in [0.2, 0.25) is 0 Å². The first-order chi connectivity index (χ1) is 5.65. The average Bonchev–Trinajstić information content (AvgIpc) is 1.96. The lowest BCUT2D eigenvalue weighted by atomic mass is 10.1. The number of hydrogen-bond acceptors (Lipinski definition) is 1. The SMILES string of the molecule is NCCc1c(Cl)cc(F)cc1Cl. The van der Waals surface area contributed by atoms with E-state index in [9.17, 15) is 4.39 Å². The van der Waals surface area contributed by atoms with Gasteiger partial charge in [0.1, 0.15) is 5.82 Å². The predicted octanol–water partition coefficient (Wildman–Crippen LogP) is 2.63. The van der Waals surface area contributed by atoms with Gasteiger partial charge >= 0.3 is 0 Å². The summed E-state index contributed by atoms with van der Waals surface area (Å²) in [5.74, 6) is -0.425. The fourth-order valence-corrected chi connectivity index (χ4v) is 1.60. The van der Waals surface area contributed by atoms with E-state index in [1.807, 2.05) is 0 Å². The molecule has 0 aliphatic carbocycles. The van der Waals surface area contributed by atoms with Crippen molar-refractivity contribution >= 4 is 23.2 Å². The molecule has 0 aromatic heterocycles. The second-order valence-electron chi connectivity index (χ2n) is 2.39. The second-order valence-corrected chi connectivity index (χ2v) is 3.20. The van der Waals surface area contributed by atoms with Crippen molar-refractivity contribution in [1.29, 1.82) is 0 Å². The van der Waals surface area contributed by atoms with Gasteiger partial charge in [0, 0.05) is 10.0 Å². The molecule has 1 rings (SSSR count). The number of benzene rings is 1. The van der Waals surface area contributed by atoms with Crippen molar-refractivity contribution < 1.29 is 4.39 Å². The molecule has 2 N–H and O–H groups in total. The summed E-state index contributed by atoms with van der Waals surface area (Å²) in [5, 5.41) is 0.677. The largest absolute Gasteiger partial charge is 0.330 e. The lowest BCUT2D eigenvalue weighted by molar-refractivity contribution is 0.627. The van der Waals surface area contributed by atoms with Crippen LogP contribution in [0, 0.1) is 5.82 Å². The number of nitrogens with two attached hydrogens (primary N) is 1. The van der Waals surface area contributed by atoms with Crippen LogP contribution < -0.4 is 5.73 Å². The maximum Gasteiger partial charge on any atom is 0.126 e. The number of halogens is 3. The van der Waals surface area contributed by atoms with Crippen LogP contribution in [0.5, 0.6) is 0 Å². The lowest BCUT2D eigenvalue weighted by Gasteiger charge is -2.04. The maximum atomic E-state index is 12.6. The van der Waals surface area contributed by atoms with Crippen LogP contribution in [-0.4, -0.2) is 6.54 Å². The van der Waals surface area contributed by atoms with Gasteiger partial charge in [0.15, 0.2) is 0 Å². The van der Waals surface area contributed by atoms with Gasteiger partial charge in [0.25, 0.3) is 0 Å². The molecule has 12 heavy (non-hydrogen) atoms. The Kier molecular flexibility index (Phi) is 3.32. The normalized spacial score (nSPS) is 10.3. The van der Waals surface area contributed by atoms with E-state index >= 15 is 0 Å². The molecule has 0 saturated heterocycles. The van der Waals surface area contributed by atoms with Crippen LogP contribution in [0.2, 0.25) is 10.0 Å². The summed E-state index contributed by atoms with van der Waals surface area (Å²) in [6, 6.07) is 2.47. The average molecular weight is 208 g/mol. The molecule has 0 amide bonds. The fourth-order valence-electron chi connectivity index (χ4n) is 0.955. The molecule has 0 unspecified atom stereocenters. The summed E-state index contributed by atoms with van der Waals surface area (Å²) < 4.78 is 12.6. The molecule has 0 heterocycles. The van der Waals surface area contributed by atoms with Crippen molar-refractivity contribution in [3.05, 3.63) is 33.6 Å². The van der Waals surface area contributed by atoms with Crippen molar-refractivity contribution in [2.45, 2.75) is 6.42 Å². The zero-order chi connectivity index (χ0) is 9.14. The Bertz CT molecular complexity index is 265. The molecule has 66 valence electrons. The topological polar surface area (TPSA) is 26.0 Å². The Morgan fingerprint density at radius 2 is 1.75 bits per heavy atom. The van der Waals surface area contributed by atoms with E-state index < -0.39 is 5.82 Å². The molecule has 0 radical (unpaired) electrons. The summed E-state index contributed by atoms with van der Waals surface area (Å²) in [4.78, 5) is 0. The summed E-state index contributed by atoms with van der Waals surface area (Å²) in [7, 11) is 0. The first kappa shape index (κ1) is 9.78. The third kappa shape index (κ3) is 2.09. The van der Waals surface area contributed by atoms with Gasteiger partial charge < -0.3 is 5.73 Å². The minimum atomic E-state index is -0.425. The highest BCUT2D eigenvalue weighted by Gasteiger charge is 2.06. The number of rotatable bonds is 2. The first-order valence-corrected chi connectivity index (χ1v) is 4.24. The molecular weight excluding hydrogens is 200 g/mol. The molecule has 4 heteroatoms. The zero-order valence-corrected chi connectivity index (χ0v) is 7.79. The maximum absolute atomic E-state index is 12.6. The van der Waals surface area contributed by atoms with Gasteiger partial charge in [-0.25, -0.2) is 4.39 Å². The molecule has 0 bridgehead atoms. The van der Waals surface area contributed by atoms with Gasteiger partial charge in [-0.15, -0.1) is 0 Å². The second kappa shape index (κ2) is 4.08. The standard InChI is InChI=1S/C8H8Cl2FN/c9-7-3-5(11)4-8(10)6(7)1-2-12/h3-4H,1-2,12H2. The molecule has 1 aromatic carbocycles. The van der Waals surface area contributed by atoms with E-state index in [2.05, 4.69) is 0 Å². The summed E-state index contributed by atoms with van der Waals surface area (Å²) in [5.41, 5.74) is 6.04. The van der Waals surface area contributed by atoms with E-state index in [4.69, 9.17) is 28.9 Å². The van der Waals surface area contributed by atoms with Crippen molar-refractivity contribution in [3.63, 3.8) is 0 Å². The first-order valence-electron chi connectivity index (χ1n) is 3.48. The van der Waals surface area contributed by atoms with E-state index in [0.717, 1.165) is 0 Å². The lowest BCUT2D eigenvalue weighted by Crippen LogP contribution is -2.04. The highest BCUT2D eigenvalue weighted by atomic mass is 35.5. The van der Waals surface area contributed by atoms with Crippen LogP contribution in [-0.2, 0) is 6.42 Å². The van der Waals surface area contributed by atoms with E-state index in [1.54, 1.807) is 0 Å². The van der Waals surface area contributed by atoms with Gasteiger partial charge in [-0.1, -0.05) is 23.2 Å². The minimum absolute atomic E-state index is 0.338. The van der Waals surface area contributed by atoms with Crippen molar-refractivity contribution in [2.24, 2.45) is 5.73 Å². The summed E-state index contributed by atoms with van der Waals surface area (Å²) in [6.07, 6.45) is 0.567. The fraction of sp³-hybridized carbons (Fsp3) is 0.250. The van der Waals surface area contributed by atoms with Crippen LogP contribution in [0.3, 0.4) is 0 Å². The van der Waals surface area contributed by atoms with Crippen molar-refractivity contribution in [1.82, 2.24) is 0 Å². The highest BCUT2D eigenvalue weighted by molar-refractivity contribution is 6.36. The van der Waals surface area contributed by atoms with Crippen LogP contribution in [0.4, 0.5) is 4.39 Å². The van der Waals surface area contributed by atoms with E-state index in [1.165, 1.54) is 12.1 Å². The Balaban J connectivity index is 3.10. The summed E-state index contributed by atoms with van der Waals surface area (Å²) >= 11 is 11.5. The smallest absolute Gasteiger partial charge is 0.126 e. The molecule has 0 saturated carbocycles. The molecule has 0 aliphatic rings. The Morgan fingerprint density at radius 3 is 2.17 bits per heavy atom. The van der Waals surface area contributed by atoms with Crippen LogP contribution in [0.1, 0.15) is 5.56 Å². The Morgan fingerprint density at radius 1 is 1.25 bits per heavy atom. The van der Waals surface area contributed by atoms with Crippen molar-refractivity contribution in [2.75, 3.05) is 6.54 Å². The van der Waals surface area contributed by atoms with Gasteiger partial charge in [-0.2, -0.15) is 0 Å². The monoisotopic (exact) mass is 207 g/mol. The molecule has 0 spiro atoms. The van der Waals surface area contributed by atoms with Crippen LogP contribution in [0.25, 0.3) is 0 Å². The van der Waals surface area contributed by atoms with E-state index in [-0.39, 0.29) is 0 Å². The molecular formula is C8H8Cl2FN. The van der Waals surface area contributed by atoms with E-state index in [0.29, 0.717) is 28.6 Å². The predicted molar refractivity (Wildman–Crippen MR) is 49.2 cm³/mol. The summed E-state index contributed by atoms with van der Waals surface area (Å²) in [6.45, 7) is 0.449. The molecule has 1 aromatic rings. The third-order valence-electron chi connectivity index (χ3n) is 1.50. The van der Waals surface area contributed by atoms with Crippen LogP contribution >= 0.6 is 23.2 Å². The van der Waals surface area contributed by atoms with Gasteiger partial charge in [-0.05, 0) is 30.7 Å². The molecule has 0 fully saturated rings. The Labute approximate surface area is 80.3 Å². The molecule has 0 atom stereocenters.